The number of hydrogen-bond acceptors (Lipinski definition) is 3. The van der Waals surface area contributed by atoms with E-state index in [4.69, 9.17) is 16.3 Å². The van der Waals surface area contributed by atoms with Gasteiger partial charge in [0.2, 0.25) is 0 Å². The van der Waals surface area contributed by atoms with Gasteiger partial charge in [0.05, 0.1) is 18.7 Å². The molecule has 2 rings (SSSR count). The number of methoxy groups -OCH3 is 1. The number of carbonyl (C=O) groups excluding carboxylic acids is 1. The van der Waals surface area contributed by atoms with Crippen LogP contribution < -0.4 is 10.1 Å². The Bertz CT molecular complexity index is 439. The van der Waals surface area contributed by atoms with Crippen molar-refractivity contribution in [1.82, 2.24) is 5.32 Å². The minimum absolute atomic E-state index is 0.0740. The first-order chi connectivity index (χ1) is 8.13. The Kier molecular flexibility index (Phi) is 3.69. The van der Waals surface area contributed by atoms with E-state index in [2.05, 4.69) is 5.32 Å². The van der Waals surface area contributed by atoms with Crippen LogP contribution in [0.15, 0.2) is 12.1 Å². The molecule has 1 saturated heterocycles. The van der Waals surface area contributed by atoms with Crippen LogP contribution in [0.5, 0.6) is 5.75 Å². The largest absolute Gasteiger partial charge is 0.496 e. The highest BCUT2D eigenvalue weighted by Gasteiger charge is 2.26. The molecule has 92 valence electrons. The average molecular weight is 254 g/mol. The molecule has 1 unspecified atom stereocenters. The van der Waals surface area contributed by atoms with Crippen LogP contribution >= 0.6 is 11.6 Å². The lowest BCUT2D eigenvalue weighted by Gasteiger charge is -2.14. The predicted molar refractivity (Wildman–Crippen MR) is 68.1 cm³/mol. The molecule has 0 spiro atoms. The van der Waals surface area contributed by atoms with Gasteiger partial charge in [-0.25, -0.2) is 0 Å². The summed E-state index contributed by atoms with van der Waals surface area (Å²) < 4.78 is 5.30. The Labute approximate surface area is 106 Å². The van der Waals surface area contributed by atoms with Crippen LogP contribution in [0, 0.1) is 6.92 Å². The summed E-state index contributed by atoms with van der Waals surface area (Å²) in [5.74, 6) is 0.707. The van der Waals surface area contributed by atoms with Crippen LogP contribution in [0.2, 0.25) is 5.02 Å². The molecule has 0 aromatic heterocycles. The van der Waals surface area contributed by atoms with Crippen molar-refractivity contribution in [3.8, 4) is 5.75 Å². The van der Waals surface area contributed by atoms with Gasteiger partial charge in [0.15, 0.2) is 5.78 Å². The molecule has 0 aliphatic carbocycles. The number of carbonyl (C=O) groups is 1. The van der Waals surface area contributed by atoms with Gasteiger partial charge in [-0.1, -0.05) is 11.6 Å². The van der Waals surface area contributed by atoms with Crippen molar-refractivity contribution in [1.29, 1.82) is 0 Å². The summed E-state index contributed by atoms with van der Waals surface area (Å²) in [7, 11) is 1.58. The number of ketones is 1. The van der Waals surface area contributed by atoms with E-state index in [1.54, 1.807) is 19.2 Å². The van der Waals surface area contributed by atoms with Crippen LogP contribution in [-0.2, 0) is 0 Å². The minimum atomic E-state index is -0.0956. The van der Waals surface area contributed by atoms with Gasteiger partial charge in [-0.05, 0) is 44.0 Å². The Hall–Kier alpha value is -1.06. The second-order valence-corrected chi connectivity index (χ2v) is 4.75. The fraction of sp³-hybridized carbons (Fsp3) is 0.462. The molecule has 0 bridgehead atoms. The van der Waals surface area contributed by atoms with Gasteiger partial charge >= 0.3 is 0 Å². The SMILES string of the molecule is COc1c(C)cc(Cl)cc1C(=O)C1CCCN1. The van der Waals surface area contributed by atoms with E-state index in [9.17, 15) is 4.79 Å². The zero-order chi connectivity index (χ0) is 12.4. The van der Waals surface area contributed by atoms with Crippen LogP contribution in [0.25, 0.3) is 0 Å². The van der Waals surface area contributed by atoms with E-state index >= 15 is 0 Å². The molecule has 0 saturated carbocycles. The maximum atomic E-state index is 12.3. The second-order valence-electron chi connectivity index (χ2n) is 4.32. The molecule has 1 N–H and O–H groups in total. The van der Waals surface area contributed by atoms with Crippen molar-refractivity contribution in [2.75, 3.05) is 13.7 Å². The van der Waals surface area contributed by atoms with Gasteiger partial charge in [-0.3, -0.25) is 4.79 Å². The molecule has 3 nitrogen and oxygen atoms in total. The summed E-state index contributed by atoms with van der Waals surface area (Å²) in [4.78, 5) is 12.3. The standard InChI is InChI=1S/C13H16ClNO2/c1-8-6-9(14)7-10(13(8)17-2)12(16)11-4-3-5-15-11/h6-7,11,15H,3-5H2,1-2H3. The molecular weight excluding hydrogens is 238 g/mol. The second kappa shape index (κ2) is 5.07. The molecule has 1 atom stereocenters. The van der Waals surface area contributed by atoms with Crippen molar-refractivity contribution in [2.24, 2.45) is 0 Å². The first-order valence-corrected chi connectivity index (χ1v) is 6.13. The van der Waals surface area contributed by atoms with Crippen LogP contribution in [0.3, 0.4) is 0 Å². The fourth-order valence-electron chi connectivity index (χ4n) is 2.28. The number of rotatable bonds is 3. The van der Waals surface area contributed by atoms with Gasteiger partial charge in [-0.15, -0.1) is 0 Å². The monoisotopic (exact) mass is 253 g/mol. The summed E-state index contributed by atoms with van der Waals surface area (Å²) in [5.41, 5.74) is 1.47. The average Bonchev–Trinajstić information content (AvgIpc) is 2.80. The lowest BCUT2D eigenvalue weighted by Crippen LogP contribution is -2.31. The number of Topliss-reactive ketones (excluding diaryl/α,β-unsaturated/α-hetero) is 1. The molecule has 1 aromatic carbocycles. The highest BCUT2D eigenvalue weighted by Crippen LogP contribution is 2.29. The molecule has 1 heterocycles. The Morgan fingerprint density at radius 2 is 2.29 bits per heavy atom. The van der Waals surface area contributed by atoms with E-state index in [0.29, 0.717) is 16.3 Å². The number of hydrogen-bond donors (Lipinski definition) is 1. The van der Waals surface area contributed by atoms with Crippen molar-refractivity contribution in [3.05, 3.63) is 28.3 Å². The first kappa shape index (κ1) is 12.4. The molecule has 0 radical (unpaired) electrons. The number of aryl methyl sites for hydroxylation is 1. The third-order valence-corrected chi connectivity index (χ3v) is 3.30. The smallest absolute Gasteiger partial charge is 0.183 e. The summed E-state index contributed by atoms with van der Waals surface area (Å²) >= 11 is 6.00. The van der Waals surface area contributed by atoms with Crippen LogP contribution in [-0.4, -0.2) is 25.5 Å². The lowest BCUT2D eigenvalue weighted by molar-refractivity contribution is 0.0949. The zero-order valence-corrected chi connectivity index (χ0v) is 10.8. The van der Waals surface area contributed by atoms with E-state index in [0.717, 1.165) is 24.9 Å². The molecule has 1 aliphatic rings. The van der Waals surface area contributed by atoms with E-state index in [1.165, 1.54) is 0 Å². The zero-order valence-electron chi connectivity index (χ0n) is 10.0. The van der Waals surface area contributed by atoms with Gasteiger partial charge in [-0.2, -0.15) is 0 Å². The van der Waals surface area contributed by atoms with Gasteiger partial charge in [0, 0.05) is 5.02 Å². The third-order valence-electron chi connectivity index (χ3n) is 3.09. The molecule has 1 aliphatic heterocycles. The Morgan fingerprint density at radius 1 is 1.53 bits per heavy atom. The van der Waals surface area contributed by atoms with Crippen molar-refractivity contribution < 1.29 is 9.53 Å². The molecule has 17 heavy (non-hydrogen) atoms. The number of halogens is 1. The van der Waals surface area contributed by atoms with Gasteiger partial charge in [0.25, 0.3) is 0 Å². The highest BCUT2D eigenvalue weighted by molar-refractivity contribution is 6.31. The summed E-state index contributed by atoms with van der Waals surface area (Å²) in [6.07, 6.45) is 1.92. The van der Waals surface area contributed by atoms with Crippen molar-refractivity contribution in [3.63, 3.8) is 0 Å². The van der Waals surface area contributed by atoms with Crippen molar-refractivity contribution in [2.45, 2.75) is 25.8 Å². The quantitative estimate of drug-likeness (QED) is 0.842. The highest BCUT2D eigenvalue weighted by atomic mass is 35.5. The van der Waals surface area contributed by atoms with Crippen LogP contribution in [0.4, 0.5) is 0 Å². The van der Waals surface area contributed by atoms with E-state index in [-0.39, 0.29) is 11.8 Å². The molecule has 1 fully saturated rings. The Balaban J connectivity index is 2.39. The first-order valence-electron chi connectivity index (χ1n) is 5.75. The lowest BCUT2D eigenvalue weighted by atomic mass is 10.00. The summed E-state index contributed by atoms with van der Waals surface area (Å²) in [5, 5.41) is 3.77. The third kappa shape index (κ3) is 2.45. The van der Waals surface area contributed by atoms with E-state index in [1.807, 2.05) is 6.92 Å². The number of nitrogens with one attached hydrogen (secondary N) is 1. The number of benzene rings is 1. The summed E-state index contributed by atoms with van der Waals surface area (Å²) in [6.45, 7) is 2.79. The van der Waals surface area contributed by atoms with Gasteiger partial charge in [0.1, 0.15) is 5.75 Å². The van der Waals surface area contributed by atoms with E-state index < -0.39 is 0 Å². The van der Waals surface area contributed by atoms with Gasteiger partial charge < -0.3 is 10.1 Å². The molecule has 1 aromatic rings. The maximum absolute atomic E-state index is 12.3. The predicted octanol–water partition coefficient (Wildman–Crippen LogP) is 2.59. The van der Waals surface area contributed by atoms with Crippen molar-refractivity contribution >= 4 is 17.4 Å². The Morgan fingerprint density at radius 3 is 2.88 bits per heavy atom. The normalized spacial score (nSPS) is 19.4. The minimum Gasteiger partial charge on any atom is -0.496 e. The topological polar surface area (TPSA) is 38.3 Å². The number of ether oxygens (including phenoxy) is 1. The maximum Gasteiger partial charge on any atom is 0.183 e. The molecular formula is C13H16ClNO2. The molecule has 4 heteroatoms. The summed E-state index contributed by atoms with van der Waals surface area (Å²) in [6, 6.07) is 3.40. The fourth-order valence-corrected chi connectivity index (χ4v) is 2.55. The molecule has 0 amide bonds. The van der Waals surface area contributed by atoms with Crippen LogP contribution in [0.1, 0.15) is 28.8 Å².